The minimum Gasteiger partial charge on any atom is -0.409 e. The number of aromatic nitrogens is 1. The zero-order valence-electron chi connectivity index (χ0n) is 12.2. The van der Waals surface area contributed by atoms with E-state index >= 15 is 0 Å². The largest absolute Gasteiger partial charge is 0.409 e. The Kier molecular flexibility index (Phi) is 5.83. The zero-order valence-corrected chi connectivity index (χ0v) is 13.0. The summed E-state index contributed by atoms with van der Waals surface area (Å²) in [5.41, 5.74) is 3.35. The standard InChI is InChI=1S/C16H14ClNO.CH4O2/c1-12-10-18(16-8-7-14(17)9-15(12)16)19-11-13-5-3-2-4-6-13;2-1-3/h2-10H,11H2,1H3;2-3H,1H2. The summed E-state index contributed by atoms with van der Waals surface area (Å²) in [6.07, 6.45) is 1.99. The number of hydrogen-bond donors (Lipinski definition) is 2. The van der Waals surface area contributed by atoms with E-state index < -0.39 is 6.79 Å². The molecule has 0 aliphatic carbocycles. The molecule has 0 amide bonds. The molecule has 0 bridgehead atoms. The summed E-state index contributed by atoms with van der Waals surface area (Å²) in [7, 11) is 0. The molecule has 1 aromatic heterocycles. The molecule has 22 heavy (non-hydrogen) atoms. The van der Waals surface area contributed by atoms with Gasteiger partial charge in [0.1, 0.15) is 13.4 Å². The molecule has 116 valence electrons. The number of halogens is 1. The highest BCUT2D eigenvalue weighted by Gasteiger charge is 2.06. The van der Waals surface area contributed by atoms with E-state index in [1.54, 1.807) is 0 Å². The van der Waals surface area contributed by atoms with Crippen molar-refractivity contribution in [3.8, 4) is 0 Å². The number of aliphatic hydroxyl groups is 2. The highest BCUT2D eigenvalue weighted by molar-refractivity contribution is 6.31. The molecular weight excluding hydrogens is 302 g/mol. The van der Waals surface area contributed by atoms with Gasteiger partial charge in [-0.1, -0.05) is 41.9 Å². The van der Waals surface area contributed by atoms with Crippen LogP contribution in [0.2, 0.25) is 5.02 Å². The molecule has 0 spiro atoms. The fraction of sp³-hybridized carbons (Fsp3) is 0.176. The average molecular weight is 320 g/mol. The number of hydrogen-bond acceptors (Lipinski definition) is 3. The first kappa shape index (κ1) is 16.4. The van der Waals surface area contributed by atoms with E-state index in [9.17, 15) is 0 Å². The van der Waals surface area contributed by atoms with Gasteiger partial charge in [-0.3, -0.25) is 0 Å². The molecule has 0 unspecified atom stereocenters. The molecule has 0 aliphatic heterocycles. The molecule has 3 rings (SSSR count). The van der Waals surface area contributed by atoms with Gasteiger partial charge in [-0.25, -0.2) is 0 Å². The first-order chi connectivity index (χ1) is 10.7. The molecule has 0 fully saturated rings. The molecule has 5 heteroatoms. The lowest BCUT2D eigenvalue weighted by Gasteiger charge is -2.08. The molecule has 2 N–H and O–H groups in total. The highest BCUT2D eigenvalue weighted by atomic mass is 35.5. The maximum Gasteiger partial charge on any atom is 0.140 e. The number of aryl methyl sites for hydroxylation is 1. The van der Waals surface area contributed by atoms with Crippen molar-refractivity contribution in [2.75, 3.05) is 6.79 Å². The van der Waals surface area contributed by atoms with Crippen LogP contribution in [0, 0.1) is 6.92 Å². The molecule has 0 radical (unpaired) electrons. The predicted octanol–water partition coefficient (Wildman–Crippen LogP) is 3.16. The van der Waals surface area contributed by atoms with E-state index in [1.807, 2.05) is 47.3 Å². The number of fused-ring (bicyclic) bond motifs is 1. The average Bonchev–Trinajstić information content (AvgIpc) is 2.83. The van der Waals surface area contributed by atoms with Crippen LogP contribution in [-0.4, -0.2) is 21.7 Å². The third-order valence-corrected chi connectivity index (χ3v) is 3.38. The lowest BCUT2D eigenvalue weighted by Crippen LogP contribution is -2.09. The van der Waals surface area contributed by atoms with Gasteiger partial charge in [0, 0.05) is 16.6 Å². The summed E-state index contributed by atoms with van der Waals surface area (Å²) in [4.78, 5) is 5.84. The van der Waals surface area contributed by atoms with Gasteiger partial charge in [-0.05, 0) is 36.2 Å². The van der Waals surface area contributed by atoms with Crippen LogP contribution < -0.4 is 4.84 Å². The lowest BCUT2D eigenvalue weighted by atomic mass is 10.2. The van der Waals surface area contributed by atoms with Gasteiger partial charge < -0.3 is 15.1 Å². The minimum absolute atomic E-state index is 0.548. The van der Waals surface area contributed by atoms with E-state index in [-0.39, 0.29) is 0 Å². The molecule has 0 saturated heterocycles. The summed E-state index contributed by atoms with van der Waals surface area (Å²) in [6.45, 7) is 1.85. The Labute approximate surface area is 134 Å². The fourth-order valence-electron chi connectivity index (χ4n) is 2.16. The number of aliphatic hydroxyl groups excluding tert-OH is 1. The van der Waals surface area contributed by atoms with Gasteiger partial charge in [-0.2, -0.15) is 4.73 Å². The van der Waals surface area contributed by atoms with Crippen molar-refractivity contribution in [3.63, 3.8) is 0 Å². The molecule has 4 nitrogen and oxygen atoms in total. The van der Waals surface area contributed by atoms with Crippen molar-refractivity contribution in [2.24, 2.45) is 0 Å². The summed E-state index contributed by atoms with van der Waals surface area (Å²) in [6, 6.07) is 16.0. The molecule has 1 heterocycles. The van der Waals surface area contributed by atoms with Crippen LogP contribution in [0.3, 0.4) is 0 Å². The van der Waals surface area contributed by atoms with Gasteiger partial charge in [0.25, 0.3) is 0 Å². The Morgan fingerprint density at radius 1 is 1.09 bits per heavy atom. The van der Waals surface area contributed by atoms with E-state index in [0.717, 1.165) is 27.1 Å². The van der Waals surface area contributed by atoms with Crippen LogP contribution in [0.1, 0.15) is 11.1 Å². The van der Waals surface area contributed by atoms with Crippen LogP contribution in [0.5, 0.6) is 0 Å². The fourth-order valence-corrected chi connectivity index (χ4v) is 2.33. The van der Waals surface area contributed by atoms with Crippen LogP contribution in [-0.2, 0) is 6.61 Å². The third kappa shape index (κ3) is 4.01. The van der Waals surface area contributed by atoms with E-state index in [4.69, 9.17) is 26.7 Å². The number of nitrogens with zero attached hydrogens (tertiary/aromatic N) is 1. The lowest BCUT2D eigenvalue weighted by molar-refractivity contribution is 0.0773. The van der Waals surface area contributed by atoms with Crippen LogP contribution in [0.4, 0.5) is 0 Å². The first-order valence-electron chi connectivity index (χ1n) is 6.82. The third-order valence-electron chi connectivity index (χ3n) is 3.14. The van der Waals surface area contributed by atoms with Crippen LogP contribution in [0.25, 0.3) is 10.9 Å². The SMILES string of the molecule is Cc1cn(OCc2ccccc2)c2ccc(Cl)cc12.OCO. The van der Waals surface area contributed by atoms with Crippen molar-refractivity contribution in [2.45, 2.75) is 13.5 Å². The molecule has 3 aromatic rings. The van der Waals surface area contributed by atoms with E-state index in [0.29, 0.717) is 6.61 Å². The molecule has 2 aromatic carbocycles. The molecular formula is C17H18ClNO3. The maximum absolute atomic E-state index is 7.12. The van der Waals surface area contributed by atoms with Gasteiger partial charge in [0.05, 0.1) is 5.52 Å². The second-order valence-corrected chi connectivity index (χ2v) is 5.14. The molecule has 0 aliphatic rings. The smallest absolute Gasteiger partial charge is 0.140 e. The van der Waals surface area contributed by atoms with Crippen molar-refractivity contribution in [1.29, 1.82) is 0 Å². The summed E-state index contributed by atoms with van der Waals surface area (Å²) in [5.74, 6) is 0. The quantitative estimate of drug-likeness (QED) is 0.729. The topological polar surface area (TPSA) is 54.6 Å². The van der Waals surface area contributed by atoms with Crippen LogP contribution >= 0.6 is 11.6 Å². The second-order valence-electron chi connectivity index (χ2n) is 4.70. The van der Waals surface area contributed by atoms with Gasteiger partial charge >= 0.3 is 0 Å². The summed E-state index contributed by atoms with van der Waals surface area (Å²) in [5, 5.41) is 16.1. The zero-order chi connectivity index (χ0) is 15.9. The Hall–Kier alpha value is -2.01. The predicted molar refractivity (Wildman–Crippen MR) is 87.7 cm³/mol. The first-order valence-corrected chi connectivity index (χ1v) is 7.19. The Bertz CT molecular complexity index is 725. The van der Waals surface area contributed by atoms with Gasteiger partial charge in [0.15, 0.2) is 0 Å². The highest BCUT2D eigenvalue weighted by Crippen LogP contribution is 2.23. The Balaban J connectivity index is 0.000000545. The molecule has 0 atom stereocenters. The van der Waals surface area contributed by atoms with E-state index in [2.05, 4.69) is 19.1 Å². The minimum atomic E-state index is -0.750. The second kappa shape index (κ2) is 7.84. The van der Waals surface area contributed by atoms with Crippen molar-refractivity contribution < 1.29 is 15.1 Å². The van der Waals surface area contributed by atoms with Crippen molar-refractivity contribution >= 4 is 22.5 Å². The summed E-state index contributed by atoms with van der Waals surface area (Å²) < 4.78 is 1.81. The Morgan fingerprint density at radius 3 is 2.45 bits per heavy atom. The summed E-state index contributed by atoms with van der Waals surface area (Å²) >= 11 is 6.02. The van der Waals surface area contributed by atoms with E-state index in [1.165, 1.54) is 0 Å². The maximum atomic E-state index is 7.12. The number of rotatable bonds is 3. The van der Waals surface area contributed by atoms with Gasteiger partial charge in [-0.15, -0.1) is 0 Å². The monoisotopic (exact) mass is 319 g/mol. The van der Waals surface area contributed by atoms with Crippen molar-refractivity contribution in [3.05, 3.63) is 70.9 Å². The molecule has 0 saturated carbocycles. The number of benzene rings is 2. The van der Waals surface area contributed by atoms with Gasteiger partial charge in [0.2, 0.25) is 0 Å². The normalized spacial score (nSPS) is 10.2. The van der Waals surface area contributed by atoms with Crippen molar-refractivity contribution in [1.82, 2.24) is 4.73 Å². The Morgan fingerprint density at radius 2 is 1.77 bits per heavy atom. The van der Waals surface area contributed by atoms with Crippen LogP contribution in [0.15, 0.2) is 54.7 Å².